The summed E-state index contributed by atoms with van der Waals surface area (Å²) in [6, 6.07) is 14.7. The van der Waals surface area contributed by atoms with Gasteiger partial charge in [-0.2, -0.15) is 5.10 Å². The number of aromatic nitrogens is 3. The average molecular weight is 595 g/mol. The topological polar surface area (TPSA) is 138 Å². The molecule has 0 saturated carbocycles. The molecular formula is C30H38N6O5S. The van der Waals surface area contributed by atoms with E-state index in [1.165, 1.54) is 0 Å². The molecule has 2 fully saturated rings. The third-order valence-corrected chi connectivity index (χ3v) is 9.01. The molecule has 2 amide bonds. The first kappa shape index (κ1) is 29.7. The van der Waals surface area contributed by atoms with Crippen LogP contribution in [0.25, 0.3) is 11.4 Å². The number of H-pyrrole nitrogens is 1. The average Bonchev–Trinajstić information content (AvgIpc) is 3.44. The van der Waals surface area contributed by atoms with Crippen molar-refractivity contribution in [1.29, 1.82) is 0 Å². The van der Waals surface area contributed by atoms with Crippen molar-refractivity contribution in [1.82, 2.24) is 25.0 Å². The van der Waals surface area contributed by atoms with Crippen molar-refractivity contribution in [3.05, 3.63) is 65.5 Å². The fraction of sp³-hybridized carbons (Fsp3) is 0.467. The van der Waals surface area contributed by atoms with Crippen molar-refractivity contribution in [3.8, 4) is 11.4 Å². The van der Waals surface area contributed by atoms with Gasteiger partial charge in [0.1, 0.15) is 11.4 Å². The van der Waals surface area contributed by atoms with E-state index in [0.717, 1.165) is 29.8 Å². The van der Waals surface area contributed by atoms with Crippen LogP contribution in [0, 0.1) is 0 Å². The second-order valence-corrected chi connectivity index (χ2v) is 14.3. The first-order valence-corrected chi connectivity index (χ1v) is 16.1. The van der Waals surface area contributed by atoms with Gasteiger partial charge in [-0.1, -0.05) is 12.1 Å². The number of aromatic amines is 1. The van der Waals surface area contributed by atoms with E-state index in [2.05, 4.69) is 20.4 Å². The summed E-state index contributed by atoms with van der Waals surface area (Å²) in [6.07, 6.45) is 1.45. The van der Waals surface area contributed by atoms with Crippen molar-refractivity contribution >= 4 is 27.5 Å². The predicted molar refractivity (Wildman–Crippen MR) is 160 cm³/mol. The van der Waals surface area contributed by atoms with Crippen molar-refractivity contribution in [3.63, 3.8) is 0 Å². The molecule has 12 heteroatoms. The molecule has 1 atom stereocenters. The standard InChI is InChI=1S/C30H38N6O5S/c1-30(2,3)41-29(38)36-13-5-8-24(20-36)27-32-26(33-34-27)22-9-11-25(12-10-22)31-28(37)23-7-4-6-21(18-23)19-35-14-16-42(39,40)17-15-35/h4,6-7,9-12,18,24H,5,8,13-17,19-20H2,1-3H3,(H,31,37)(H,32,33,34). The van der Waals surface area contributed by atoms with E-state index in [0.29, 0.717) is 49.8 Å². The summed E-state index contributed by atoms with van der Waals surface area (Å²) in [5.41, 5.74) is 2.41. The molecule has 0 radical (unpaired) electrons. The Morgan fingerprint density at radius 1 is 1.07 bits per heavy atom. The second-order valence-electron chi connectivity index (χ2n) is 12.0. The highest BCUT2D eigenvalue weighted by Crippen LogP contribution is 2.27. The molecule has 224 valence electrons. The van der Waals surface area contributed by atoms with Crippen molar-refractivity contribution < 1.29 is 22.7 Å². The minimum absolute atomic E-state index is 0.0461. The Balaban J connectivity index is 1.17. The van der Waals surface area contributed by atoms with E-state index in [4.69, 9.17) is 9.72 Å². The highest BCUT2D eigenvalue weighted by Gasteiger charge is 2.30. The summed E-state index contributed by atoms with van der Waals surface area (Å²) in [5.74, 6) is 1.46. The van der Waals surface area contributed by atoms with Gasteiger partial charge in [-0.3, -0.25) is 14.8 Å². The number of hydrogen-bond donors (Lipinski definition) is 2. The van der Waals surface area contributed by atoms with E-state index in [9.17, 15) is 18.0 Å². The molecule has 2 N–H and O–H groups in total. The Morgan fingerprint density at radius 2 is 1.81 bits per heavy atom. The molecule has 42 heavy (non-hydrogen) atoms. The Bertz CT molecular complexity index is 1520. The zero-order chi connectivity index (χ0) is 29.9. The van der Waals surface area contributed by atoms with Gasteiger partial charge in [0.15, 0.2) is 15.7 Å². The molecule has 1 unspecified atom stereocenters. The summed E-state index contributed by atoms with van der Waals surface area (Å²) >= 11 is 0. The number of carbonyl (C=O) groups excluding carboxylic acids is 2. The number of carbonyl (C=O) groups is 2. The van der Waals surface area contributed by atoms with Crippen LogP contribution in [-0.4, -0.2) is 88.7 Å². The molecule has 5 rings (SSSR count). The van der Waals surface area contributed by atoms with Gasteiger partial charge >= 0.3 is 6.09 Å². The van der Waals surface area contributed by atoms with E-state index < -0.39 is 15.4 Å². The number of sulfone groups is 1. The second kappa shape index (κ2) is 12.2. The highest BCUT2D eigenvalue weighted by atomic mass is 32.2. The van der Waals surface area contributed by atoms with Crippen LogP contribution >= 0.6 is 0 Å². The highest BCUT2D eigenvalue weighted by molar-refractivity contribution is 7.91. The lowest BCUT2D eigenvalue weighted by Gasteiger charge is -2.33. The smallest absolute Gasteiger partial charge is 0.410 e. The summed E-state index contributed by atoms with van der Waals surface area (Å²) in [4.78, 5) is 34.0. The number of benzene rings is 2. The van der Waals surface area contributed by atoms with Gasteiger partial charge in [-0.25, -0.2) is 18.2 Å². The van der Waals surface area contributed by atoms with E-state index >= 15 is 0 Å². The van der Waals surface area contributed by atoms with E-state index in [1.54, 1.807) is 11.0 Å². The summed E-state index contributed by atoms with van der Waals surface area (Å²) < 4.78 is 28.9. The number of likely N-dealkylation sites (tertiary alicyclic amines) is 1. The van der Waals surface area contributed by atoms with E-state index in [-0.39, 0.29) is 29.4 Å². The van der Waals surface area contributed by atoms with Crippen LogP contribution in [0.5, 0.6) is 0 Å². The third-order valence-electron chi connectivity index (χ3n) is 7.40. The van der Waals surface area contributed by atoms with Gasteiger partial charge in [0.2, 0.25) is 0 Å². The van der Waals surface area contributed by atoms with Gasteiger partial charge in [0.05, 0.1) is 11.5 Å². The monoisotopic (exact) mass is 594 g/mol. The molecule has 11 nitrogen and oxygen atoms in total. The lowest BCUT2D eigenvalue weighted by atomic mass is 9.98. The minimum atomic E-state index is -2.93. The number of anilines is 1. The fourth-order valence-electron chi connectivity index (χ4n) is 5.16. The number of nitrogens with zero attached hydrogens (tertiary/aromatic N) is 4. The largest absolute Gasteiger partial charge is 0.444 e. The number of piperidine rings is 1. The molecule has 3 heterocycles. The Hall–Kier alpha value is -3.77. The zero-order valence-corrected chi connectivity index (χ0v) is 25.1. The van der Waals surface area contributed by atoms with Crippen molar-refractivity contribution in [2.24, 2.45) is 0 Å². The third kappa shape index (κ3) is 7.74. The molecule has 0 bridgehead atoms. The van der Waals surface area contributed by atoms with E-state index in [1.807, 2.05) is 63.2 Å². The van der Waals surface area contributed by atoms with Gasteiger partial charge in [-0.05, 0) is 75.6 Å². The van der Waals surface area contributed by atoms with Crippen LogP contribution in [-0.2, 0) is 21.1 Å². The molecule has 2 aliphatic heterocycles. The minimum Gasteiger partial charge on any atom is -0.444 e. The van der Waals surface area contributed by atoms with Gasteiger partial charge in [-0.15, -0.1) is 0 Å². The number of rotatable bonds is 6. The zero-order valence-electron chi connectivity index (χ0n) is 24.3. The first-order valence-electron chi connectivity index (χ1n) is 14.3. The van der Waals surface area contributed by atoms with Crippen LogP contribution in [0.15, 0.2) is 48.5 Å². The van der Waals surface area contributed by atoms with Crippen LogP contribution in [0.3, 0.4) is 0 Å². The van der Waals surface area contributed by atoms with Crippen molar-refractivity contribution in [2.45, 2.75) is 51.7 Å². The lowest BCUT2D eigenvalue weighted by Crippen LogP contribution is -2.42. The van der Waals surface area contributed by atoms with Crippen LogP contribution in [0.1, 0.15) is 61.3 Å². The summed E-state index contributed by atoms with van der Waals surface area (Å²) in [7, 11) is -2.93. The Kier molecular flexibility index (Phi) is 8.65. The quantitative estimate of drug-likeness (QED) is 0.436. The molecular weight excluding hydrogens is 556 g/mol. The molecule has 2 aliphatic rings. The number of amides is 2. The summed E-state index contributed by atoms with van der Waals surface area (Å²) in [5, 5.41) is 10.4. The normalized spacial score (nSPS) is 19.3. The lowest BCUT2D eigenvalue weighted by molar-refractivity contribution is 0.0196. The van der Waals surface area contributed by atoms with Gasteiger partial charge < -0.3 is 15.0 Å². The van der Waals surface area contributed by atoms with Crippen LogP contribution < -0.4 is 5.32 Å². The number of hydrogen-bond acceptors (Lipinski definition) is 8. The molecule has 0 aliphatic carbocycles. The maximum absolute atomic E-state index is 13.0. The SMILES string of the molecule is CC(C)(C)OC(=O)N1CCCC(c2nc(-c3ccc(NC(=O)c4cccc(CN5CCS(=O)(=O)CC5)c4)cc3)n[nH]2)C1. The maximum Gasteiger partial charge on any atom is 0.410 e. The van der Waals surface area contributed by atoms with Gasteiger partial charge in [0, 0.05) is 55.5 Å². The molecule has 1 aromatic heterocycles. The Labute approximate surface area is 246 Å². The number of ether oxygens (including phenoxy) is 1. The van der Waals surface area contributed by atoms with Gasteiger partial charge in [0.25, 0.3) is 5.91 Å². The fourth-order valence-corrected chi connectivity index (χ4v) is 6.44. The first-order chi connectivity index (χ1) is 19.9. The molecule has 2 saturated heterocycles. The van der Waals surface area contributed by atoms with Crippen molar-refractivity contribution in [2.75, 3.05) is 43.0 Å². The Morgan fingerprint density at radius 3 is 2.52 bits per heavy atom. The molecule has 2 aromatic carbocycles. The van der Waals surface area contributed by atoms with Crippen LogP contribution in [0.4, 0.5) is 10.5 Å². The van der Waals surface area contributed by atoms with Crippen LogP contribution in [0.2, 0.25) is 0 Å². The molecule has 3 aromatic rings. The molecule has 0 spiro atoms. The summed E-state index contributed by atoms with van der Waals surface area (Å²) in [6.45, 7) is 8.37. The maximum atomic E-state index is 13.0. The predicted octanol–water partition coefficient (Wildman–Crippen LogP) is 4.07. The number of nitrogens with one attached hydrogen (secondary N) is 2.